The van der Waals surface area contributed by atoms with Gasteiger partial charge in [-0.3, -0.25) is 0 Å². The van der Waals surface area contributed by atoms with E-state index in [9.17, 15) is 18.3 Å². The van der Waals surface area contributed by atoms with E-state index in [2.05, 4.69) is 0 Å². The van der Waals surface area contributed by atoms with Gasteiger partial charge in [-0.05, 0) is 24.6 Å². The van der Waals surface area contributed by atoms with Crippen LogP contribution in [0.3, 0.4) is 0 Å². The maximum Gasteiger partial charge on any atom is 0.405 e. The monoisotopic (exact) mass is 263 g/mol. The Labute approximate surface area is 103 Å². The highest BCUT2D eigenvalue weighted by molar-refractivity contribution is 5.48. The van der Waals surface area contributed by atoms with Gasteiger partial charge in [0.05, 0.1) is 12.7 Å². The van der Waals surface area contributed by atoms with Gasteiger partial charge in [0, 0.05) is 12.2 Å². The van der Waals surface area contributed by atoms with E-state index in [1.165, 1.54) is 12.1 Å². The molecule has 0 aliphatic carbocycles. The third-order valence-electron chi connectivity index (χ3n) is 2.48. The number of aliphatic hydroxyl groups excluding tert-OH is 2. The molecule has 102 valence electrons. The molecule has 1 aromatic carbocycles. The predicted molar refractivity (Wildman–Crippen MR) is 62.4 cm³/mol. The molecule has 0 heterocycles. The Balaban J connectivity index is 2.85. The highest BCUT2D eigenvalue weighted by Gasteiger charge is 2.30. The molecule has 6 heteroatoms. The molecule has 0 radical (unpaired) electrons. The van der Waals surface area contributed by atoms with E-state index in [4.69, 9.17) is 5.11 Å². The number of benzene rings is 1. The van der Waals surface area contributed by atoms with Gasteiger partial charge in [-0.1, -0.05) is 12.1 Å². The molecule has 3 nitrogen and oxygen atoms in total. The number of nitrogens with zero attached hydrogens (tertiary/aromatic N) is 1. The first-order valence-electron chi connectivity index (χ1n) is 5.54. The first kappa shape index (κ1) is 14.8. The minimum Gasteiger partial charge on any atom is -0.395 e. The largest absolute Gasteiger partial charge is 0.405 e. The third kappa shape index (κ3) is 4.54. The highest BCUT2D eigenvalue weighted by atomic mass is 19.4. The molecule has 0 spiro atoms. The Morgan fingerprint density at radius 2 is 1.78 bits per heavy atom. The summed E-state index contributed by atoms with van der Waals surface area (Å²) in [6.45, 7) is 0.0273. The van der Waals surface area contributed by atoms with E-state index in [-0.39, 0.29) is 13.2 Å². The van der Waals surface area contributed by atoms with Crippen molar-refractivity contribution in [3.05, 3.63) is 29.8 Å². The minimum atomic E-state index is -4.32. The summed E-state index contributed by atoms with van der Waals surface area (Å²) in [5.74, 6) is 0. The zero-order valence-corrected chi connectivity index (χ0v) is 9.98. The SMILES string of the molecule is CC(O)c1ccc(N(CCO)CC(F)(F)F)cc1. The van der Waals surface area contributed by atoms with Crippen LogP contribution >= 0.6 is 0 Å². The normalized spacial score (nSPS) is 13.4. The highest BCUT2D eigenvalue weighted by Crippen LogP contribution is 2.23. The van der Waals surface area contributed by atoms with Crippen molar-refractivity contribution in [2.45, 2.75) is 19.2 Å². The summed E-state index contributed by atoms with van der Waals surface area (Å²) in [6, 6.07) is 6.15. The average molecular weight is 263 g/mol. The van der Waals surface area contributed by atoms with Gasteiger partial charge >= 0.3 is 6.18 Å². The molecular weight excluding hydrogens is 247 g/mol. The first-order valence-corrected chi connectivity index (χ1v) is 5.54. The van der Waals surface area contributed by atoms with Gasteiger partial charge in [-0.25, -0.2) is 0 Å². The number of alkyl halides is 3. The average Bonchev–Trinajstić information content (AvgIpc) is 2.27. The van der Waals surface area contributed by atoms with E-state index in [0.29, 0.717) is 11.3 Å². The second-order valence-corrected chi connectivity index (χ2v) is 4.03. The molecule has 18 heavy (non-hydrogen) atoms. The van der Waals surface area contributed by atoms with E-state index in [1.807, 2.05) is 0 Å². The van der Waals surface area contributed by atoms with Crippen LogP contribution < -0.4 is 4.90 Å². The summed E-state index contributed by atoms with van der Waals surface area (Å²) in [7, 11) is 0. The second-order valence-electron chi connectivity index (χ2n) is 4.03. The van der Waals surface area contributed by atoms with Crippen molar-refractivity contribution in [2.75, 3.05) is 24.6 Å². The van der Waals surface area contributed by atoms with E-state index >= 15 is 0 Å². The lowest BCUT2D eigenvalue weighted by molar-refractivity contribution is -0.119. The minimum absolute atomic E-state index is 0.0897. The van der Waals surface area contributed by atoms with Crippen LogP contribution in [0.5, 0.6) is 0 Å². The van der Waals surface area contributed by atoms with Crippen LogP contribution in [0.4, 0.5) is 18.9 Å². The Morgan fingerprint density at radius 1 is 1.22 bits per heavy atom. The van der Waals surface area contributed by atoms with Crippen molar-refractivity contribution in [1.82, 2.24) is 0 Å². The number of aliphatic hydroxyl groups is 2. The van der Waals surface area contributed by atoms with Gasteiger partial charge in [0.15, 0.2) is 0 Å². The van der Waals surface area contributed by atoms with E-state index in [1.54, 1.807) is 19.1 Å². The Morgan fingerprint density at radius 3 is 2.17 bits per heavy atom. The molecule has 0 saturated heterocycles. The fourth-order valence-corrected chi connectivity index (χ4v) is 1.60. The van der Waals surface area contributed by atoms with Crippen LogP contribution in [0.2, 0.25) is 0 Å². The van der Waals surface area contributed by atoms with Crippen molar-refractivity contribution in [2.24, 2.45) is 0 Å². The molecule has 0 fully saturated rings. The number of hydrogen-bond donors (Lipinski definition) is 2. The zero-order chi connectivity index (χ0) is 13.8. The molecule has 1 aromatic rings. The van der Waals surface area contributed by atoms with Crippen molar-refractivity contribution in [3.8, 4) is 0 Å². The lowest BCUT2D eigenvalue weighted by atomic mass is 10.1. The van der Waals surface area contributed by atoms with Crippen LogP contribution in [-0.2, 0) is 0 Å². The van der Waals surface area contributed by atoms with Crippen molar-refractivity contribution in [3.63, 3.8) is 0 Å². The molecule has 0 aliphatic heterocycles. The van der Waals surface area contributed by atoms with Crippen molar-refractivity contribution < 1.29 is 23.4 Å². The molecule has 0 aliphatic rings. The number of halogens is 3. The van der Waals surface area contributed by atoms with Gasteiger partial charge in [0.2, 0.25) is 0 Å². The van der Waals surface area contributed by atoms with Crippen LogP contribution in [0.1, 0.15) is 18.6 Å². The number of anilines is 1. The van der Waals surface area contributed by atoms with Crippen LogP contribution in [0.25, 0.3) is 0 Å². The fraction of sp³-hybridized carbons (Fsp3) is 0.500. The van der Waals surface area contributed by atoms with Crippen LogP contribution in [0, 0.1) is 0 Å². The van der Waals surface area contributed by atoms with E-state index < -0.39 is 18.8 Å². The summed E-state index contributed by atoms with van der Waals surface area (Å²) < 4.78 is 37.1. The summed E-state index contributed by atoms with van der Waals surface area (Å²) in [6.07, 6.45) is -4.98. The first-order chi connectivity index (χ1) is 8.33. The summed E-state index contributed by atoms with van der Waals surface area (Å²) in [4.78, 5) is 1.05. The van der Waals surface area contributed by atoms with Crippen LogP contribution in [0.15, 0.2) is 24.3 Å². The van der Waals surface area contributed by atoms with E-state index in [0.717, 1.165) is 4.90 Å². The molecule has 1 unspecified atom stereocenters. The maximum absolute atomic E-state index is 12.4. The number of rotatable bonds is 5. The molecule has 0 bridgehead atoms. The van der Waals surface area contributed by atoms with Gasteiger partial charge in [0.25, 0.3) is 0 Å². The molecule has 1 atom stereocenters. The molecular formula is C12H16F3NO2. The van der Waals surface area contributed by atoms with Gasteiger partial charge in [0.1, 0.15) is 6.54 Å². The molecule has 0 amide bonds. The van der Waals surface area contributed by atoms with Gasteiger partial charge in [-0.15, -0.1) is 0 Å². The summed E-state index contributed by atoms with van der Waals surface area (Å²) in [5, 5.41) is 18.1. The summed E-state index contributed by atoms with van der Waals surface area (Å²) in [5.41, 5.74) is 1.00. The zero-order valence-electron chi connectivity index (χ0n) is 9.98. The number of hydrogen-bond acceptors (Lipinski definition) is 3. The fourth-order valence-electron chi connectivity index (χ4n) is 1.60. The van der Waals surface area contributed by atoms with Crippen LogP contribution in [-0.4, -0.2) is 36.1 Å². The predicted octanol–water partition coefficient (Wildman–Crippen LogP) is 2.10. The lowest BCUT2D eigenvalue weighted by Gasteiger charge is -2.25. The van der Waals surface area contributed by atoms with Crippen molar-refractivity contribution >= 4 is 5.69 Å². The lowest BCUT2D eigenvalue weighted by Crippen LogP contribution is -2.36. The topological polar surface area (TPSA) is 43.7 Å². The Kier molecular flexibility index (Phi) is 4.98. The van der Waals surface area contributed by atoms with Gasteiger partial charge in [-0.2, -0.15) is 13.2 Å². The van der Waals surface area contributed by atoms with Crippen molar-refractivity contribution in [1.29, 1.82) is 0 Å². The molecule has 0 aromatic heterocycles. The van der Waals surface area contributed by atoms with Gasteiger partial charge < -0.3 is 15.1 Å². The summed E-state index contributed by atoms with van der Waals surface area (Å²) >= 11 is 0. The standard InChI is InChI=1S/C12H16F3NO2/c1-9(18)10-2-4-11(5-3-10)16(6-7-17)8-12(13,14)15/h2-5,9,17-18H,6-8H2,1H3. The quantitative estimate of drug-likeness (QED) is 0.855. The Bertz CT molecular complexity index is 363. The Hall–Kier alpha value is -1.27. The second kappa shape index (κ2) is 6.06. The molecule has 0 saturated carbocycles. The smallest absolute Gasteiger partial charge is 0.395 e. The molecule has 2 N–H and O–H groups in total. The molecule has 1 rings (SSSR count). The third-order valence-corrected chi connectivity index (χ3v) is 2.48. The maximum atomic E-state index is 12.4.